The molecule has 1 aliphatic rings. The lowest BCUT2D eigenvalue weighted by atomic mass is 9.76. The number of nitrogens with one attached hydrogen (secondary N) is 1. The Labute approximate surface area is 127 Å². The molecule has 0 aromatic heterocycles. The molecule has 20 heavy (non-hydrogen) atoms. The molecular formula is C18H38N2. The van der Waals surface area contributed by atoms with E-state index in [0.717, 1.165) is 24.4 Å². The van der Waals surface area contributed by atoms with Crippen molar-refractivity contribution in [3.8, 4) is 0 Å². The van der Waals surface area contributed by atoms with Crippen molar-refractivity contribution in [3.63, 3.8) is 0 Å². The molecule has 1 aliphatic carbocycles. The molecule has 1 rings (SSSR count). The summed E-state index contributed by atoms with van der Waals surface area (Å²) in [6.07, 6.45) is 5.56. The van der Waals surface area contributed by atoms with Crippen LogP contribution in [-0.2, 0) is 0 Å². The molecule has 120 valence electrons. The highest BCUT2D eigenvalue weighted by Crippen LogP contribution is 2.33. The molecule has 0 bridgehead atoms. The maximum absolute atomic E-state index is 3.74. The van der Waals surface area contributed by atoms with Crippen molar-refractivity contribution in [2.24, 2.45) is 17.3 Å². The van der Waals surface area contributed by atoms with E-state index >= 15 is 0 Å². The summed E-state index contributed by atoms with van der Waals surface area (Å²) in [6, 6.07) is 1.36. The van der Waals surface area contributed by atoms with Crippen molar-refractivity contribution >= 4 is 0 Å². The van der Waals surface area contributed by atoms with Gasteiger partial charge in [0.25, 0.3) is 0 Å². The zero-order valence-electron chi connectivity index (χ0n) is 15.0. The number of nitrogens with zero attached hydrogens (tertiary/aromatic N) is 1. The Morgan fingerprint density at radius 3 is 2.35 bits per heavy atom. The second kappa shape index (κ2) is 7.79. The molecule has 0 radical (unpaired) electrons. The van der Waals surface area contributed by atoms with E-state index in [0.29, 0.717) is 11.5 Å². The van der Waals surface area contributed by atoms with E-state index in [1.807, 2.05) is 0 Å². The SMILES string of the molecule is CCNC1CCC(CC)CC1CN(C)C(C)C(C)(C)C. The van der Waals surface area contributed by atoms with Gasteiger partial charge in [0.15, 0.2) is 0 Å². The first-order valence-electron chi connectivity index (χ1n) is 8.73. The summed E-state index contributed by atoms with van der Waals surface area (Å²) in [5.41, 5.74) is 0.362. The fourth-order valence-corrected chi connectivity index (χ4v) is 3.65. The van der Waals surface area contributed by atoms with Gasteiger partial charge in [-0.1, -0.05) is 41.0 Å². The molecule has 0 heterocycles. The molecule has 0 saturated heterocycles. The molecule has 2 nitrogen and oxygen atoms in total. The fraction of sp³-hybridized carbons (Fsp3) is 1.00. The Morgan fingerprint density at radius 2 is 1.85 bits per heavy atom. The van der Waals surface area contributed by atoms with E-state index in [1.54, 1.807) is 0 Å². The molecule has 0 aromatic carbocycles. The van der Waals surface area contributed by atoms with Crippen LogP contribution < -0.4 is 5.32 Å². The zero-order chi connectivity index (χ0) is 15.3. The highest BCUT2D eigenvalue weighted by atomic mass is 15.1. The van der Waals surface area contributed by atoms with Crippen molar-refractivity contribution < 1.29 is 0 Å². The average Bonchev–Trinajstić information content (AvgIpc) is 2.38. The largest absolute Gasteiger partial charge is 0.314 e. The zero-order valence-corrected chi connectivity index (χ0v) is 15.0. The molecule has 1 N–H and O–H groups in total. The maximum atomic E-state index is 3.74. The lowest BCUT2D eigenvalue weighted by molar-refractivity contribution is 0.0887. The van der Waals surface area contributed by atoms with Crippen LogP contribution in [0.2, 0.25) is 0 Å². The lowest BCUT2D eigenvalue weighted by Gasteiger charge is -2.42. The number of hydrogen-bond acceptors (Lipinski definition) is 2. The minimum Gasteiger partial charge on any atom is -0.314 e. The van der Waals surface area contributed by atoms with Crippen LogP contribution >= 0.6 is 0 Å². The monoisotopic (exact) mass is 282 g/mol. The van der Waals surface area contributed by atoms with Gasteiger partial charge in [-0.3, -0.25) is 0 Å². The van der Waals surface area contributed by atoms with Crippen LogP contribution in [0, 0.1) is 17.3 Å². The summed E-state index contributed by atoms with van der Waals surface area (Å²) < 4.78 is 0. The van der Waals surface area contributed by atoms with E-state index in [1.165, 1.54) is 32.2 Å². The first-order valence-corrected chi connectivity index (χ1v) is 8.73. The van der Waals surface area contributed by atoms with Gasteiger partial charge in [-0.05, 0) is 57.0 Å². The van der Waals surface area contributed by atoms with Crippen molar-refractivity contribution in [2.75, 3.05) is 20.1 Å². The predicted octanol–water partition coefficient (Wildman–Crippen LogP) is 4.16. The smallest absolute Gasteiger partial charge is 0.0112 e. The van der Waals surface area contributed by atoms with Crippen LogP contribution in [0.4, 0.5) is 0 Å². The van der Waals surface area contributed by atoms with Gasteiger partial charge in [-0.25, -0.2) is 0 Å². The lowest BCUT2D eigenvalue weighted by Crippen LogP contribution is -2.48. The topological polar surface area (TPSA) is 15.3 Å². The van der Waals surface area contributed by atoms with Gasteiger partial charge < -0.3 is 10.2 Å². The molecule has 2 heteroatoms. The molecule has 0 aliphatic heterocycles. The highest BCUT2D eigenvalue weighted by Gasteiger charge is 2.32. The normalized spacial score (nSPS) is 29.7. The molecule has 0 spiro atoms. The van der Waals surface area contributed by atoms with Crippen LogP contribution in [0.5, 0.6) is 0 Å². The van der Waals surface area contributed by atoms with Gasteiger partial charge >= 0.3 is 0 Å². The highest BCUT2D eigenvalue weighted by molar-refractivity contribution is 4.88. The molecule has 1 fully saturated rings. The van der Waals surface area contributed by atoms with E-state index in [2.05, 4.69) is 58.8 Å². The molecule has 0 aromatic rings. The molecular weight excluding hydrogens is 244 g/mol. The number of hydrogen-bond donors (Lipinski definition) is 1. The van der Waals surface area contributed by atoms with Crippen molar-refractivity contribution in [1.82, 2.24) is 10.2 Å². The second-order valence-corrected chi connectivity index (χ2v) is 7.99. The predicted molar refractivity (Wildman–Crippen MR) is 90.1 cm³/mol. The molecule has 4 atom stereocenters. The maximum Gasteiger partial charge on any atom is 0.0112 e. The van der Waals surface area contributed by atoms with Crippen molar-refractivity contribution in [1.29, 1.82) is 0 Å². The average molecular weight is 283 g/mol. The van der Waals surface area contributed by atoms with Crippen LogP contribution in [-0.4, -0.2) is 37.1 Å². The number of rotatable bonds is 6. The third kappa shape index (κ3) is 5.04. The quantitative estimate of drug-likeness (QED) is 0.787. The van der Waals surface area contributed by atoms with Gasteiger partial charge in [0, 0.05) is 18.6 Å². The van der Waals surface area contributed by atoms with Crippen molar-refractivity contribution in [2.45, 2.75) is 79.3 Å². The summed E-state index contributed by atoms with van der Waals surface area (Å²) in [6.45, 7) is 16.4. The third-order valence-corrected chi connectivity index (χ3v) is 5.57. The Hall–Kier alpha value is -0.0800. The fourth-order valence-electron chi connectivity index (χ4n) is 3.65. The van der Waals surface area contributed by atoms with Gasteiger partial charge in [-0.2, -0.15) is 0 Å². The van der Waals surface area contributed by atoms with Crippen molar-refractivity contribution in [3.05, 3.63) is 0 Å². The summed E-state index contributed by atoms with van der Waals surface area (Å²) in [5.74, 6) is 1.77. The Bertz CT molecular complexity index is 269. The van der Waals surface area contributed by atoms with Gasteiger partial charge in [-0.15, -0.1) is 0 Å². The minimum absolute atomic E-state index is 0.362. The van der Waals surface area contributed by atoms with Gasteiger partial charge in [0.2, 0.25) is 0 Å². The Kier molecular flexibility index (Phi) is 7.00. The Balaban J connectivity index is 2.64. The summed E-state index contributed by atoms with van der Waals surface area (Å²) in [5, 5.41) is 3.74. The summed E-state index contributed by atoms with van der Waals surface area (Å²) in [7, 11) is 2.31. The van der Waals surface area contributed by atoms with Gasteiger partial charge in [0.1, 0.15) is 0 Å². The summed E-state index contributed by atoms with van der Waals surface area (Å²) in [4.78, 5) is 2.59. The van der Waals surface area contributed by atoms with Crippen LogP contribution in [0.15, 0.2) is 0 Å². The third-order valence-electron chi connectivity index (χ3n) is 5.57. The molecule has 4 unspecified atom stereocenters. The van der Waals surface area contributed by atoms with E-state index in [9.17, 15) is 0 Å². The van der Waals surface area contributed by atoms with Gasteiger partial charge in [0.05, 0.1) is 0 Å². The van der Waals surface area contributed by atoms with Crippen LogP contribution in [0.25, 0.3) is 0 Å². The van der Waals surface area contributed by atoms with E-state index in [4.69, 9.17) is 0 Å². The second-order valence-electron chi connectivity index (χ2n) is 7.99. The Morgan fingerprint density at radius 1 is 1.20 bits per heavy atom. The van der Waals surface area contributed by atoms with E-state index < -0.39 is 0 Å². The van der Waals surface area contributed by atoms with E-state index in [-0.39, 0.29) is 0 Å². The summed E-state index contributed by atoms with van der Waals surface area (Å²) >= 11 is 0. The molecule has 1 saturated carbocycles. The van der Waals surface area contributed by atoms with Crippen LogP contribution in [0.3, 0.4) is 0 Å². The molecule has 0 amide bonds. The first-order chi connectivity index (χ1) is 9.29. The van der Waals surface area contributed by atoms with Crippen LogP contribution in [0.1, 0.15) is 67.2 Å². The minimum atomic E-state index is 0.362. The first kappa shape index (κ1) is 18.0. The standard InChI is InChI=1S/C18H38N2/c1-8-15-10-11-17(19-9-2)16(12-15)13-20(7)14(3)18(4,5)6/h14-17,19H,8-13H2,1-7H3.